The molecule has 1 unspecified atom stereocenters. The number of amides is 2. The smallest absolute Gasteiger partial charge is 0.251 e. The number of nitrogens with zero attached hydrogens (tertiary/aromatic N) is 1. The van der Waals surface area contributed by atoms with E-state index in [1.54, 1.807) is 18.2 Å². The lowest BCUT2D eigenvalue weighted by molar-refractivity contribution is -0.121. The first-order valence-electron chi connectivity index (χ1n) is 12.0. The second-order valence-electron chi connectivity index (χ2n) is 8.72. The number of benzene rings is 2. The molecule has 0 saturated carbocycles. The number of hydrogen-bond acceptors (Lipinski definition) is 4. The van der Waals surface area contributed by atoms with Crippen LogP contribution in [0.15, 0.2) is 79.5 Å². The molecule has 2 amide bonds. The molecule has 6 nitrogen and oxygen atoms in total. The molecule has 0 aliphatic carbocycles. The van der Waals surface area contributed by atoms with E-state index < -0.39 is 35.3 Å². The highest BCUT2D eigenvalue weighted by molar-refractivity contribution is 5.94. The molecule has 2 aromatic carbocycles. The molecule has 0 spiro atoms. The van der Waals surface area contributed by atoms with Gasteiger partial charge < -0.3 is 16.4 Å². The van der Waals surface area contributed by atoms with Gasteiger partial charge in [-0.15, -0.1) is 0 Å². The summed E-state index contributed by atoms with van der Waals surface area (Å²) in [5.74, 6) is -3.62. The zero-order valence-corrected chi connectivity index (χ0v) is 20.9. The summed E-state index contributed by atoms with van der Waals surface area (Å²) < 4.78 is 42.0. The van der Waals surface area contributed by atoms with Gasteiger partial charge in [0.15, 0.2) is 0 Å². The van der Waals surface area contributed by atoms with Gasteiger partial charge in [-0.2, -0.15) is 0 Å². The summed E-state index contributed by atoms with van der Waals surface area (Å²) in [6.45, 7) is 9.50. The third-order valence-electron chi connectivity index (χ3n) is 6.04. The number of nitrogens with one attached hydrogen (secondary N) is 2. The third-order valence-corrected chi connectivity index (χ3v) is 6.04. The normalized spacial score (nSPS) is 12.4. The van der Waals surface area contributed by atoms with Crippen LogP contribution in [0.1, 0.15) is 41.0 Å². The summed E-state index contributed by atoms with van der Waals surface area (Å²) in [7, 11) is 0. The van der Waals surface area contributed by atoms with Gasteiger partial charge in [0.05, 0.1) is 23.8 Å². The van der Waals surface area contributed by atoms with E-state index in [2.05, 4.69) is 28.8 Å². The largest absolute Gasteiger partial charge is 0.366 e. The summed E-state index contributed by atoms with van der Waals surface area (Å²) in [4.78, 5) is 29.2. The van der Waals surface area contributed by atoms with E-state index in [1.807, 2.05) is 6.92 Å². The van der Waals surface area contributed by atoms with Crippen LogP contribution in [0.3, 0.4) is 0 Å². The molecule has 3 aromatic rings. The molecule has 0 radical (unpaired) electrons. The van der Waals surface area contributed by atoms with Crippen LogP contribution in [0.4, 0.5) is 13.2 Å². The van der Waals surface area contributed by atoms with Crippen molar-refractivity contribution >= 4 is 11.8 Å². The Bertz CT molecular complexity index is 1340. The van der Waals surface area contributed by atoms with Crippen molar-refractivity contribution in [2.24, 2.45) is 5.73 Å². The van der Waals surface area contributed by atoms with Crippen LogP contribution < -0.4 is 16.4 Å². The van der Waals surface area contributed by atoms with Crippen molar-refractivity contribution in [3.05, 3.63) is 114 Å². The van der Waals surface area contributed by atoms with Gasteiger partial charge in [0, 0.05) is 23.9 Å². The highest BCUT2D eigenvalue weighted by Gasteiger charge is 2.23. The molecule has 0 bridgehead atoms. The Balaban J connectivity index is 1.99. The lowest BCUT2D eigenvalue weighted by atomic mass is 9.94. The number of rotatable bonds is 12. The Labute approximate surface area is 219 Å². The predicted molar refractivity (Wildman–Crippen MR) is 141 cm³/mol. The van der Waals surface area contributed by atoms with Crippen LogP contribution in [0, 0.1) is 17.5 Å². The van der Waals surface area contributed by atoms with Gasteiger partial charge in [-0.1, -0.05) is 38.3 Å². The number of hydrogen-bond donors (Lipinski definition) is 3. The maximum atomic E-state index is 14.1. The highest BCUT2D eigenvalue weighted by Crippen LogP contribution is 2.30. The van der Waals surface area contributed by atoms with Crippen molar-refractivity contribution in [3.63, 3.8) is 0 Å². The molecule has 1 heterocycles. The molecule has 1 aromatic heterocycles. The Morgan fingerprint density at radius 2 is 1.82 bits per heavy atom. The molecular weight excluding hydrogens is 493 g/mol. The molecule has 3 rings (SSSR count). The highest BCUT2D eigenvalue weighted by atomic mass is 19.1. The molecule has 2 atom stereocenters. The van der Waals surface area contributed by atoms with Crippen LogP contribution in [0.25, 0.3) is 11.1 Å². The van der Waals surface area contributed by atoms with Crippen molar-refractivity contribution in [1.82, 2.24) is 15.6 Å². The van der Waals surface area contributed by atoms with Crippen molar-refractivity contribution < 1.29 is 22.8 Å². The summed E-state index contributed by atoms with van der Waals surface area (Å²) in [6.07, 6.45) is 3.80. The maximum absolute atomic E-state index is 14.1. The molecular formula is C29H29F3N4O2. The first-order chi connectivity index (χ1) is 18.1. The number of aromatic nitrogens is 1. The van der Waals surface area contributed by atoms with E-state index in [9.17, 15) is 22.8 Å². The fraction of sp³-hybridized carbons (Fsp3) is 0.207. The molecule has 4 N–H and O–H groups in total. The first kappa shape index (κ1) is 28.3. The lowest BCUT2D eigenvalue weighted by Crippen LogP contribution is -2.41. The minimum Gasteiger partial charge on any atom is -0.366 e. The molecule has 0 fully saturated rings. The minimum atomic E-state index is -0.937. The van der Waals surface area contributed by atoms with Gasteiger partial charge in [0.2, 0.25) is 5.91 Å². The summed E-state index contributed by atoms with van der Waals surface area (Å²) in [6, 6.07) is 9.31. The first-order valence-corrected chi connectivity index (χ1v) is 12.0. The van der Waals surface area contributed by atoms with Crippen LogP contribution in [0.2, 0.25) is 0 Å². The number of primary amides is 1. The number of halogens is 3. The SMILES string of the molecule is C=CC(=C)[C@H](CC)NCC(=O)NC(Cc1cc(F)cc(F)c1)c1ncccc1-c1ccc(F)c(C(N)=O)c1. The maximum Gasteiger partial charge on any atom is 0.251 e. The molecule has 0 aliphatic rings. The predicted octanol–water partition coefficient (Wildman–Crippen LogP) is 4.78. The Hall–Kier alpha value is -4.24. The standard InChI is InChI=1S/C29H29F3N4O2/c1-4-17(3)25(5-2)35-16-27(37)36-26(13-18-11-20(30)15-21(31)12-18)28-22(7-6-10-34-28)19-8-9-24(32)23(14-19)29(33)38/h4,6-12,14-15,25-26,35H,1,3,5,13,16H2,2H3,(H2,33,38)(H,36,37)/t25-,26?/m0/s1. The van der Waals surface area contributed by atoms with Gasteiger partial charge in [-0.05, 0) is 59.9 Å². The van der Waals surface area contributed by atoms with Gasteiger partial charge in [-0.3, -0.25) is 14.6 Å². The average Bonchev–Trinajstić information content (AvgIpc) is 2.88. The lowest BCUT2D eigenvalue weighted by Gasteiger charge is -2.23. The van der Waals surface area contributed by atoms with Crippen molar-refractivity contribution in [2.75, 3.05) is 6.54 Å². The van der Waals surface area contributed by atoms with E-state index >= 15 is 0 Å². The Morgan fingerprint density at radius 1 is 1.11 bits per heavy atom. The van der Waals surface area contributed by atoms with E-state index in [4.69, 9.17) is 5.73 Å². The average molecular weight is 523 g/mol. The molecule has 9 heteroatoms. The van der Waals surface area contributed by atoms with Gasteiger partial charge in [0.1, 0.15) is 17.5 Å². The molecule has 38 heavy (non-hydrogen) atoms. The van der Waals surface area contributed by atoms with E-state index in [0.29, 0.717) is 28.8 Å². The number of pyridine rings is 1. The van der Waals surface area contributed by atoms with Crippen molar-refractivity contribution in [2.45, 2.75) is 31.8 Å². The Morgan fingerprint density at radius 3 is 2.45 bits per heavy atom. The fourth-order valence-corrected chi connectivity index (χ4v) is 4.14. The van der Waals surface area contributed by atoms with E-state index in [1.165, 1.54) is 30.5 Å². The second-order valence-corrected chi connectivity index (χ2v) is 8.72. The fourth-order valence-electron chi connectivity index (χ4n) is 4.14. The quantitative estimate of drug-likeness (QED) is 0.299. The van der Waals surface area contributed by atoms with E-state index in [0.717, 1.165) is 17.7 Å². The summed E-state index contributed by atoms with van der Waals surface area (Å²) in [5.41, 5.74) is 7.31. The molecule has 0 saturated heterocycles. The second kappa shape index (κ2) is 12.8. The molecule has 0 aliphatic heterocycles. The van der Waals surface area contributed by atoms with Crippen LogP contribution in [-0.4, -0.2) is 29.4 Å². The van der Waals surface area contributed by atoms with Crippen LogP contribution in [0.5, 0.6) is 0 Å². The van der Waals surface area contributed by atoms with Gasteiger partial charge in [0.25, 0.3) is 5.91 Å². The number of nitrogens with two attached hydrogens (primary N) is 1. The monoisotopic (exact) mass is 522 g/mol. The minimum absolute atomic E-state index is 0.00484. The van der Waals surface area contributed by atoms with Crippen LogP contribution in [-0.2, 0) is 11.2 Å². The summed E-state index contributed by atoms with van der Waals surface area (Å²) >= 11 is 0. The van der Waals surface area contributed by atoms with Gasteiger partial charge in [-0.25, -0.2) is 13.2 Å². The van der Waals surface area contributed by atoms with Crippen molar-refractivity contribution in [3.8, 4) is 11.1 Å². The molecule has 198 valence electrons. The van der Waals surface area contributed by atoms with Crippen molar-refractivity contribution in [1.29, 1.82) is 0 Å². The third kappa shape index (κ3) is 7.17. The number of carbonyl (C=O) groups is 2. The number of carbonyl (C=O) groups excluding carboxylic acids is 2. The Kier molecular flexibility index (Phi) is 9.56. The zero-order valence-electron chi connectivity index (χ0n) is 20.9. The van der Waals surface area contributed by atoms with Crippen LogP contribution >= 0.6 is 0 Å². The topological polar surface area (TPSA) is 97.1 Å². The summed E-state index contributed by atoms with van der Waals surface area (Å²) in [5, 5.41) is 6.00. The zero-order chi connectivity index (χ0) is 27.8. The van der Waals surface area contributed by atoms with Gasteiger partial charge >= 0.3 is 0 Å². The van der Waals surface area contributed by atoms with E-state index in [-0.39, 0.29) is 24.6 Å².